The molecule has 152 valence electrons. The van der Waals surface area contributed by atoms with Gasteiger partial charge in [0.1, 0.15) is 0 Å². The van der Waals surface area contributed by atoms with Crippen LogP contribution in [0, 0.1) is 0 Å². The van der Waals surface area contributed by atoms with Gasteiger partial charge in [-0.15, -0.1) is 0 Å². The third kappa shape index (κ3) is 4.84. The number of anilines is 2. The van der Waals surface area contributed by atoms with Gasteiger partial charge in [0.05, 0.1) is 17.4 Å². The number of hydrogen-bond acceptors (Lipinski definition) is 2. The highest BCUT2D eigenvalue weighted by molar-refractivity contribution is 6.01. The molecule has 0 radical (unpaired) electrons. The second kappa shape index (κ2) is 9.21. The van der Waals surface area contributed by atoms with Crippen molar-refractivity contribution >= 4 is 28.2 Å². The van der Waals surface area contributed by atoms with Crippen molar-refractivity contribution in [2.24, 2.45) is 0 Å². The first kappa shape index (κ1) is 21.0. The van der Waals surface area contributed by atoms with Crippen molar-refractivity contribution < 1.29 is 4.79 Å². The summed E-state index contributed by atoms with van der Waals surface area (Å²) in [7, 11) is 0. The number of unbranched alkanes of at least 4 members (excludes halogenated alkanes) is 1. The van der Waals surface area contributed by atoms with Gasteiger partial charge < -0.3 is 0 Å². The maximum Gasteiger partial charge on any atom is 0.231 e. The molecule has 1 aromatic heterocycles. The van der Waals surface area contributed by atoms with Crippen LogP contribution in [-0.4, -0.2) is 10.9 Å². The van der Waals surface area contributed by atoms with Crippen molar-refractivity contribution in [2.75, 3.05) is 4.90 Å². The lowest BCUT2D eigenvalue weighted by Crippen LogP contribution is -2.26. The highest BCUT2D eigenvalue weighted by Crippen LogP contribution is 2.33. The smallest absolute Gasteiger partial charge is 0.231 e. The SMILES string of the molecule is CCCCC(C)(C)c1ccc(N(C(=O)CCC)c2cnc3ccccc3c2)cc1. The van der Waals surface area contributed by atoms with Crippen LogP contribution >= 0.6 is 0 Å². The van der Waals surface area contributed by atoms with E-state index in [-0.39, 0.29) is 11.3 Å². The van der Waals surface area contributed by atoms with Crippen LogP contribution in [0.3, 0.4) is 0 Å². The van der Waals surface area contributed by atoms with Gasteiger partial charge in [0, 0.05) is 17.5 Å². The number of nitrogens with zero attached hydrogens (tertiary/aromatic N) is 2. The Balaban J connectivity index is 1.97. The van der Waals surface area contributed by atoms with Gasteiger partial charge in [-0.1, -0.05) is 70.9 Å². The molecule has 0 aliphatic rings. The molecule has 0 spiro atoms. The Morgan fingerprint density at radius 3 is 2.38 bits per heavy atom. The number of fused-ring (bicyclic) bond motifs is 1. The van der Waals surface area contributed by atoms with Crippen molar-refractivity contribution in [3.05, 3.63) is 66.4 Å². The van der Waals surface area contributed by atoms with Crippen LogP contribution in [0.5, 0.6) is 0 Å². The molecule has 29 heavy (non-hydrogen) atoms. The number of para-hydroxylation sites is 1. The van der Waals surface area contributed by atoms with Crippen LogP contribution in [-0.2, 0) is 10.2 Å². The Kier molecular flexibility index (Phi) is 6.68. The minimum absolute atomic E-state index is 0.0996. The number of pyridine rings is 1. The Bertz CT molecular complexity index is 960. The molecule has 0 saturated carbocycles. The van der Waals surface area contributed by atoms with Gasteiger partial charge in [0.15, 0.2) is 0 Å². The lowest BCUT2D eigenvalue weighted by atomic mass is 9.80. The topological polar surface area (TPSA) is 33.2 Å². The largest absolute Gasteiger partial charge is 0.279 e. The lowest BCUT2D eigenvalue weighted by Gasteiger charge is -2.27. The fraction of sp³-hybridized carbons (Fsp3) is 0.385. The van der Waals surface area contributed by atoms with Gasteiger partial charge in [-0.2, -0.15) is 0 Å². The first-order valence-electron chi connectivity index (χ1n) is 10.7. The van der Waals surface area contributed by atoms with Gasteiger partial charge in [-0.25, -0.2) is 0 Å². The number of amides is 1. The van der Waals surface area contributed by atoms with E-state index in [0.29, 0.717) is 6.42 Å². The molecule has 3 rings (SSSR count). The van der Waals surface area contributed by atoms with E-state index in [1.807, 2.05) is 36.1 Å². The molecule has 0 unspecified atom stereocenters. The van der Waals surface area contributed by atoms with Gasteiger partial charge in [0.25, 0.3) is 0 Å². The molecular weight excluding hydrogens is 356 g/mol. The summed E-state index contributed by atoms with van der Waals surface area (Å²) in [5, 5.41) is 1.04. The monoisotopic (exact) mass is 388 g/mol. The second-order valence-electron chi connectivity index (χ2n) is 8.40. The van der Waals surface area contributed by atoms with E-state index in [0.717, 1.165) is 35.1 Å². The summed E-state index contributed by atoms with van der Waals surface area (Å²) in [5.41, 5.74) is 4.11. The van der Waals surface area contributed by atoms with Crippen LogP contribution in [0.25, 0.3) is 10.9 Å². The summed E-state index contributed by atoms with van der Waals surface area (Å²) in [6.45, 7) is 8.86. The van der Waals surface area contributed by atoms with Crippen LogP contribution in [0.15, 0.2) is 60.8 Å². The standard InChI is InChI=1S/C26H32N2O/c1-5-7-17-26(3,4)21-13-15-22(16-14-21)28(25(29)10-6-2)23-18-20-11-8-9-12-24(20)27-19-23/h8-9,11-16,18-19H,5-7,10,17H2,1-4H3. The van der Waals surface area contributed by atoms with E-state index in [1.54, 1.807) is 6.20 Å². The molecule has 0 aliphatic carbocycles. The van der Waals surface area contributed by atoms with Crippen molar-refractivity contribution in [3.63, 3.8) is 0 Å². The molecule has 0 fully saturated rings. The zero-order valence-electron chi connectivity index (χ0n) is 18.1. The minimum atomic E-state index is 0.0996. The highest BCUT2D eigenvalue weighted by atomic mass is 16.2. The quantitative estimate of drug-likeness (QED) is 0.410. The van der Waals surface area contributed by atoms with Crippen LogP contribution in [0.2, 0.25) is 0 Å². The zero-order valence-corrected chi connectivity index (χ0v) is 18.1. The summed E-state index contributed by atoms with van der Waals surface area (Å²) in [5.74, 6) is 0.0996. The van der Waals surface area contributed by atoms with Crippen LogP contribution in [0.4, 0.5) is 11.4 Å². The summed E-state index contributed by atoms with van der Waals surface area (Å²) in [6.07, 6.45) is 6.72. The molecule has 1 heterocycles. The number of carbonyl (C=O) groups is 1. The Morgan fingerprint density at radius 1 is 0.966 bits per heavy atom. The van der Waals surface area contributed by atoms with E-state index in [1.165, 1.54) is 18.4 Å². The summed E-state index contributed by atoms with van der Waals surface area (Å²) in [6, 6.07) is 18.6. The first-order valence-corrected chi connectivity index (χ1v) is 10.7. The van der Waals surface area contributed by atoms with E-state index in [9.17, 15) is 4.79 Å². The summed E-state index contributed by atoms with van der Waals surface area (Å²) < 4.78 is 0. The summed E-state index contributed by atoms with van der Waals surface area (Å²) >= 11 is 0. The average molecular weight is 389 g/mol. The lowest BCUT2D eigenvalue weighted by molar-refractivity contribution is -0.117. The van der Waals surface area contributed by atoms with Crippen molar-refractivity contribution in [1.29, 1.82) is 0 Å². The molecular formula is C26H32N2O. The van der Waals surface area contributed by atoms with Crippen molar-refractivity contribution in [1.82, 2.24) is 4.98 Å². The molecule has 0 saturated heterocycles. The van der Waals surface area contributed by atoms with E-state index in [2.05, 4.69) is 56.1 Å². The third-order valence-corrected chi connectivity index (χ3v) is 5.61. The number of carbonyl (C=O) groups excluding carboxylic acids is 1. The minimum Gasteiger partial charge on any atom is -0.279 e. The van der Waals surface area contributed by atoms with Crippen molar-refractivity contribution in [2.45, 2.75) is 65.2 Å². The van der Waals surface area contributed by atoms with Crippen LogP contribution in [0.1, 0.15) is 65.4 Å². The van der Waals surface area contributed by atoms with Gasteiger partial charge in [-0.05, 0) is 48.1 Å². The molecule has 0 atom stereocenters. The van der Waals surface area contributed by atoms with Crippen molar-refractivity contribution in [3.8, 4) is 0 Å². The normalized spacial score (nSPS) is 11.6. The van der Waals surface area contributed by atoms with Gasteiger partial charge >= 0.3 is 0 Å². The number of aromatic nitrogens is 1. The molecule has 3 aromatic rings. The molecule has 2 aromatic carbocycles. The summed E-state index contributed by atoms with van der Waals surface area (Å²) in [4.78, 5) is 19.4. The van der Waals surface area contributed by atoms with Gasteiger partial charge in [0.2, 0.25) is 5.91 Å². The van der Waals surface area contributed by atoms with Crippen LogP contribution < -0.4 is 4.90 Å². The number of benzene rings is 2. The predicted molar refractivity (Wildman–Crippen MR) is 123 cm³/mol. The fourth-order valence-electron chi connectivity index (χ4n) is 3.77. The Morgan fingerprint density at radius 2 is 1.69 bits per heavy atom. The first-order chi connectivity index (χ1) is 14.0. The van der Waals surface area contributed by atoms with Gasteiger partial charge in [-0.3, -0.25) is 14.7 Å². The second-order valence-corrected chi connectivity index (χ2v) is 8.40. The molecule has 0 aliphatic heterocycles. The number of hydrogen-bond donors (Lipinski definition) is 0. The van der Waals surface area contributed by atoms with E-state index >= 15 is 0 Å². The number of rotatable bonds is 8. The zero-order chi connectivity index (χ0) is 20.9. The Labute approximate surface area is 174 Å². The highest BCUT2D eigenvalue weighted by Gasteiger charge is 2.22. The fourth-order valence-corrected chi connectivity index (χ4v) is 3.77. The molecule has 0 bridgehead atoms. The van der Waals surface area contributed by atoms with E-state index in [4.69, 9.17) is 0 Å². The maximum absolute atomic E-state index is 13.0. The molecule has 3 heteroatoms. The third-order valence-electron chi connectivity index (χ3n) is 5.61. The van der Waals surface area contributed by atoms with E-state index < -0.39 is 0 Å². The molecule has 3 nitrogen and oxygen atoms in total. The molecule has 0 N–H and O–H groups in total. The molecule has 1 amide bonds. The predicted octanol–water partition coefficient (Wildman–Crippen LogP) is 7.17. The Hall–Kier alpha value is -2.68. The average Bonchev–Trinajstić information content (AvgIpc) is 2.73. The maximum atomic E-state index is 13.0.